The van der Waals surface area contributed by atoms with Crippen LogP contribution in [0.2, 0.25) is 0 Å². The van der Waals surface area contributed by atoms with Crippen LogP contribution in [0.4, 0.5) is 0 Å². The van der Waals surface area contributed by atoms with Crippen LogP contribution in [0, 0.1) is 0 Å². The predicted molar refractivity (Wildman–Crippen MR) is 209 cm³/mol. The van der Waals surface area contributed by atoms with E-state index in [-0.39, 0.29) is 12.5 Å². The Morgan fingerprint density at radius 1 is 0.438 bits per heavy atom. The molecule has 0 aliphatic rings. The molecule has 0 bridgehead atoms. The standard InChI is InChI=1S/C43H87NO4/c1-3-5-7-9-11-13-15-17-18-19-20-21-22-23-24-26-27-29-31-33-35-37-41(46)43(48)40(39-45)44-42(47)38-36-34-32-30-28-25-16-14-12-10-8-6-4-2/h40-41,43,45-46,48H,3-39H2,1-2H3,(H,44,47)/t40?,41?,43-/m0/s1. The lowest BCUT2D eigenvalue weighted by Crippen LogP contribution is -2.50. The maximum Gasteiger partial charge on any atom is 0.220 e. The van der Waals surface area contributed by atoms with Crippen LogP contribution in [0.3, 0.4) is 0 Å². The van der Waals surface area contributed by atoms with E-state index in [0.29, 0.717) is 12.8 Å². The Labute approximate surface area is 300 Å². The first-order chi connectivity index (χ1) is 23.6. The summed E-state index contributed by atoms with van der Waals surface area (Å²) < 4.78 is 0. The first-order valence-corrected chi connectivity index (χ1v) is 21.8. The maximum absolute atomic E-state index is 12.4. The van der Waals surface area contributed by atoms with Gasteiger partial charge in [0, 0.05) is 6.42 Å². The molecule has 0 aromatic heterocycles. The van der Waals surface area contributed by atoms with E-state index in [1.165, 1.54) is 186 Å². The molecule has 288 valence electrons. The van der Waals surface area contributed by atoms with Gasteiger partial charge in [0.2, 0.25) is 5.91 Å². The molecule has 0 spiro atoms. The van der Waals surface area contributed by atoms with E-state index in [1.54, 1.807) is 0 Å². The van der Waals surface area contributed by atoms with Crippen LogP contribution in [0.25, 0.3) is 0 Å². The Morgan fingerprint density at radius 2 is 0.708 bits per heavy atom. The second kappa shape index (κ2) is 39.1. The molecule has 4 N–H and O–H groups in total. The van der Waals surface area contributed by atoms with Crippen LogP contribution >= 0.6 is 0 Å². The van der Waals surface area contributed by atoms with Crippen LogP contribution in [0.15, 0.2) is 0 Å². The van der Waals surface area contributed by atoms with E-state index in [2.05, 4.69) is 19.2 Å². The fourth-order valence-corrected chi connectivity index (χ4v) is 7.05. The largest absolute Gasteiger partial charge is 0.394 e. The number of amides is 1. The summed E-state index contributed by atoms with van der Waals surface area (Å²) in [6.07, 6.45) is 43.5. The molecule has 5 nitrogen and oxygen atoms in total. The molecule has 0 aliphatic heterocycles. The van der Waals surface area contributed by atoms with Crippen molar-refractivity contribution in [3.8, 4) is 0 Å². The van der Waals surface area contributed by atoms with Crippen molar-refractivity contribution in [3.05, 3.63) is 0 Å². The molecule has 0 saturated carbocycles. The minimum Gasteiger partial charge on any atom is -0.394 e. The number of hydrogen-bond donors (Lipinski definition) is 4. The SMILES string of the molecule is CCCCCCCCCCCCCCCCCCCCCCCC(O)[C@@H](O)C(CO)NC(=O)CCCCCCCCCCCCCCC. The van der Waals surface area contributed by atoms with Crippen LogP contribution in [0.1, 0.15) is 245 Å². The molecule has 0 heterocycles. The number of unbranched alkanes of at least 4 members (excludes halogenated alkanes) is 32. The highest BCUT2D eigenvalue weighted by Crippen LogP contribution is 2.17. The van der Waals surface area contributed by atoms with Crippen molar-refractivity contribution in [1.29, 1.82) is 0 Å². The van der Waals surface area contributed by atoms with Gasteiger partial charge in [-0.2, -0.15) is 0 Å². The highest BCUT2D eigenvalue weighted by atomic mass is 16.3. The molecule has 48 heavy (non-hydrogen) atoms. The van der Waals surface area contributed by atoms with Crippen molar-refractivity contribution in [2.45, 2.75) is 263 Å². The lowest BCUT2D eigenvalue weighted by Gasteiger charge is -2.26. The molecule has 0 aromatic carbocycles. The number of aliphatic hydroxyl groups is 3. The number of rotatable bonds is 40. The Morgan fingerprint density at radius 3 is 1.00 bits per heavy atom. The Balaban J connectivity index is 3.57. The van der Waals surface area contributed by atoms with Crippen molar-refractivity contribution >= 4 is 5.91 Å². The van der Waals surface area contributed by atoms with E-state index >= 15 is 0 Å². The zero-order valence-corrected chi connectivity index (χ0v) is 32.6. The Kier molecular flexibility index (Phi) is 38.6. The number of carbonyl (C=O) groups is 1. The third-order valence-electron chi connectivity index (χ3n) is 10.5. The molecule has 1 amide bonds. The number of hydrogen-bond acceptors (Lipinski definition) is 4. The van der Waals surface area contributed by atoms with E-state index < -0.39 is 18.2 Å². The smallest absolute Gasteiger partial charge is 0.220 e. The quantitative estimate of drug-likeness (QED) is 0.0485. The predicted octanol–water partition coefficient (Wildman–Crippen LogP) is 12.3. The average molecular weight is 682 g/mol. The van der Waals surface area contributed by atoms with Gasteiger partial charge in [-0.1, -0.05) is 226 Å². The first-order valence-electron chi connectivity index (χ1n) is 21.8. The molecule has 0 aliphatic carbocycles. The summed E-state index contributed by atoms with van der Waals surface area (Å²) >= 11 is 0. The summed E-state index contributed by atoms with van der Waals surface area (Å²) in [7, 11) is 0. The van der Waals surface area contributed by atoms with Crippen LogP contribution in [-0.4, -0.2) is 46.1 Å². The minimum absolute atomic E-state index is 0.141. The fourth-order valence-electron chi connectivity index (χ4n) is 7.05. The van der Waals surface area contributed by atoms with Gasteiger partial charge in [-0.25, -0.2) is 0 Å². The topological polar surface area (TPSA) is 89.8 Å². The minimum atomic E-state index is -1.13. The zero-order chi connectivity index (χ0) is 35.2. The maximum atomic E-state index is 12.4. The van der Waals surface area contributed by atoms with Gasteiger partial charge in [-0.05, 0) is 12.8 Å². The van der Waals surface area contributed by atoms with E-state index in [1.807, 2.05) is 0 Å². The van der Waals surface area contributed by atoms with Crippen molar-refractivity contribution < 1.29 is 20.1 Å². The number of nitrogens with one attached hydrogen (secondary N) is 1. The number of carbonyl (C=O) groups excluding carboxylic acids is 1. The summed E-state index contributed by atoms with van der Waals surface area (Å²) in [5.74, 6) is -0.141. The van der Waals surface area contributed by atoms with Gasteiger partial charge >= 0.3 is 0 Å². The summed E-state index contributed by atoms with van der Waals surface area (Å²) in [4.78, 5) is 12.4. The molecule has 5 heteroatoms. The van der Waals surface area contributed by atoms with Gasteiger partial charge in [0.25, 0.3) is 0 Å². The molecule has 2 unspecified atom stereocenters. The summed E-state index contributed by atoms with van der Waals surface area (Å²) in [6, 6.07) is -0.802. The lowest BCUT2D eigenvalue weighted by atomic mass is 9.99. The van der Waals surface area contributed by atoms with Crippen LogP contribution < -0.4 is 5.32 Å². The van der Waals surface area contributed by atoms with Gasteiger partial charge in [0.15, 0.2) is 0 Å². The average Bonchev–Trinajstić information content (AvgIpc) is 3.09. The molecular weight excluding hydrogens is 594 g/mol. The number of aliphatic hydroxyl groups excluding tert-OH is 3. The van der Waals surface area contributed by atoms with Crippen molar-refractivity contribution in [3.63, 3.8) is 0 Å². The second-order valence-electron chi connectivity index (χ2n) is 15.3. The zero-order valence-electron chi connectivity index (χ0n) is 32.6. The highest BCUT2D eigenvalue weighted by Gasteiger charge is 2.26. The van der Waals surface area contributed by atoms with Gasteiger partial charge in [0.05, 0.1) is 18.8 Å². The molecule has 3 atom stereocenters. The fraction of sp³-hybridized carbons (Fsp3) is 0.977. The third kappa shape index (κ3) is 33.8. The summed E-state index contributed by atoms with van der Waals surface area (Å²) in [5, 5.41) is 33.5. The van der Waals surface area contributed by atoms with E-state index in [4.69, 9.17) is 0 Å². The molecule has 0 fully saturated rings. The van der Waals surface area contributed by atoms with Gasteiger partial charge in [0.1, 0.15) is 6.10 Å². The molecule has 0 rings (SSSR count). The van der Waals surface area contributed by atoms with Crippen molar-refractivity contribution in [1.82, 2.24) is 5.32 Å². The van der Waals surface area contributed by atoms with Crippen molar-refractivity contribution in [2.24, 2.45) is 0 Å². The normalized spacial score (nSPS) is 13.5. The summed E-state index contributed by atoms with van der Waals surface area (Å²) in [6.45, 7) is 4.19. The van der Waals surface area contributed by atoms with Gasteiger partial charge in [-0.3, -0.25) is 4.79 Å². The second-order valence-corrected chi connectivity index (χ2v) is 15.3. The first kappa shape index (κ1) is 47.4. The molecular formula is C43H87NO4. The Hall–Kier alpha value is -0.650. The van der Waals surface area contributed by atoms with Crippen molar-refractivity contribution in [2.75, 3.05) is 6.61 Å². The lowest BCUT2D eigenvalue weighted by molar-refractivity contribution is -0.124. The van der Waals surface area contributed by atoms with Gasteiger partial charge < -0.3 is 20.6 Å². The molecule has 0 aromatic rings. The highest BCUT2D eigenvalue weighted by molar-refractivity contribution is 5.76. The molecule has 0 radical (unpaired) electrons. The molecule has 0 saturated heterocycles. The third-order valence-corrected chi connectivity index (χ3v) is 10.5. The van der Waals surface area contributed by atoms with Crippen LogP contribution in [0.5, 0.6) is 0 Å². The Bertz CT molecular complexity index is 630. The van der Waals surface area contributed by atoms with Gasteiger partial charge in [-0.15, -0.1) is 0 Å². The monoisotopic (exact) mass is 682 g/mol. The van der Waals surface area contributed by atoms with Crippen LogP contribution in [-0.2, 0) is 4.79 Å². The van der Waals surface area contributed by atoms with E-state index in [9.17, 15) is 20.1 Å². The van der Waals surface area contributed by atoms with E-state index in [0.717, 1.165) is 32.1 Å². The summed E-state index contributed by atoms with van der Waals surface area (Å²) in [5.41, 5.74) is 0.